The molecule has 2 fully saturated rings. The van der Waals surface area contributed by atoms with Crippen molar-refractivity contribution in [2.75, 3.05) is 45.9 Å². The molecule has 30 heavy (non-hydrogen) atoms. The third-order valence-electron chi connectivity index (χ3n) is 5.43. The standard InChI is InChI=1S/C20H33N3O5S2/c1-17(2)15-22-12-13-28-18(16-22)14-21-29(24,25)19-6-8-20(9-7-19)30(26,27)23-10-4-3-5-11-23/h6-9,17-18,21H,3-5,10-16H2,1-2H3. The SMILES string of the molecule is CC(C)CN1CCOC(CNS(=O)(=O)c2ccc(S(=O)(=O)N3CCCCC3)cc2)C1. The van der Waals surface area contributed by atoms with Crippen LogP contribution in [0.5, 0.6) is 0 Å². The Morgan fingerprint density at radius 3 is 2.27 bits per heavy atom. The predicted octanol–water partition coefficient (Wildman–Crippen LogP) is 1.50. The first-order chi connectivity index (χ1) is 14.2. The molecule has 8 nitrogen and oxygen atoms in total. The van der Waals surface area contributed by atoms with Crippen LogP contribution in [0.25, 0.3) is 0 Å². The Morgan fingerprint density at radius 1 is 1.00 bits per heavy atom. The van der Waals surface area contributed by atoms with Gasteiger partial charge in [0.05, 0.1) is 22.5 Å². The molecule has 0 aromatic heterocycles. The van der Waals surface area contributed by atoms with Crippen molar-refractivity contribution < 1.29 is 21.6 Å². The fraction of sp³-hybridized carbons (Fsp3) is 0.700. The summed E-state index contributed by atoms with van der Waals surface area (Å²) >= 11 is 0. The number of benzene rings is 1. The summed E-state index contributed by atoms with van der Waals surface area (Å²) in [4.78, 5) is 2.46. The van der Waals surface area contributed by atoms with Gasteiger partial charge in [-0.1, -0.05) is 20.3 Å². The number of ether oxygens (including phenoxy) is 1. The third-order valence-corrected chi connectivity index (χ3v) is 8.79. The molecule has 170 valence electrons. The first-order valence-electron chi connectivity index (χ1n) is 10.6. The van der Waals surface area contributed by atoms with E-state index in [4.69, 9.17) is 4.74 Å². The van der Waals surface area contributed by atoms with E-state index in [1.54, 1.807) is 0 Å². The van der Waals surface area contributed by atoms with E-state index in [2.05, 4.69) is 23.5 Å². The lowest BCUT2D eigenvalue weighted by atomic mass is 10.2. The minimum absolute atomic E-state index is 0.0509. The van der Waals surface area contributed by atoms with Gasteiger partial charge in [-0.3, -0.25) is 4.90 Å². The molecule has 3 rings (SSSR count). The zero-order valence-electron chi connectivity index (χ0n) is 17.8. The number of nitrogens with zero attached hydrogens (tertiary/aromatic N) is 2. The van der Waals surface area contributed by atoms with E-state index >= 15 is 0 Å². The third kappa shape index (κ3) is 6.02. The molecule has 0 aliphatic carbocycles. The summed E-state index contributed by atoms with van der Waals surface area (Å²) in [6.07, 6.45) is 2.54. The molecule has 1 aromatic rings. The quantitative estimate of drug-likeness (QED) is 0.633. The fourth-order valence-corrected chi connectivity index (χ4v) is 6.50. The van der Waals surface area contributed by atoms with Gasteiger partial charge in [0.25, 0.3) is 0 Å². The zero-order valence-corrected chi connectivity index (χ0v) is 19.4. The molecule has 2 aliphatic rings. The lowest BCUT2D eigenvalue weighted by Crippen LogP contribution is -2.48. The summed E-state index contributed by atoms with van der Waals surface area (Å²) in [5.74, 6) is 0.542. The molecular weight excluding hydrogens is 426 g/mol. The van der Waals surface area contributed by atoms with Crippen LogP contribution in [-0.2, 0) is 24.8 Å². The van der Waals surface area contributed by atoms with Crippen molar-refractivity contribution in [3.8, 4) is 0 Å². The molecule has 1 aromatic carbocycles. The Bertz CT molecular complexity index is 895. The molecule has 0 amide bonds. The number of sulfonamides is 2. The van der Waals surface area contributed by atoms with Gasteiger partial charge in [0.2, 0.25) is 20.0 Å². The maximum atomic E-state index is 12.7. The minimum atomic E-state index is -3.74. The predicted molar refractivity (Wildman–Crippen MR) is 115 cm³/mol. The summed E-state index contributed by atoms with van der Waals surface area (Å²) in [7, 11) is -7.32. The minimum Gasteiger partial charge on any atom is -0.374 e. The molecule has 0 radical (unpaired) electrons. The Labute approximate surface area is 180 Å². The van der Waals surface area contributed by atoms with Crippen molar-refractivity contribution in [3.05, 3.63) is 24.3 Å². The fourth-order valence-electron chi connectivity index (χ4n) is 3.92. The van der Waals surface area contributed by atoms with Crippen LogP contribution in [0.2, 0.25) is 0 Å². The Kier molecular flexibility index (Phi) is 7.92. The molecular formula is C20H33N3O5S2. The molecule has 1 atom stereocenters. The maximum absolute atomic E-state index is 12.7. The molecule has 0 saturated carbocycles. The lowest BCUT2D eigenvalue weighted by molar-refractivity contribution is -0.0280. The van der Waals surface area contributed by atoms with Gasteiger partial charge in [0.15, 0.2) is 0 Å². The topological polar surface area (TPSA) is 96.0 Å². The Morgan fingerprint density at radius 2 is 1.63 bits per heavy atom. The maximum Gasteiger partial charge on any atom is 0.243 e. The van der Waals surface area contributed by atoms with Gasteiger partial charge in [0, 0.05) is 39.3 Å². The normalized spacial score (nSPS) is 22.4. The summed E-state index contributed by atoms with van der Waals surface area (Å²) < 4.78 is 60.5. The van der Waals surface area contributed by atoms with E-state index in [1.165, 1.54) is 28.6 Å². The summed E-state index contributed by atoms with van der Waals surface area (Å²) in [5, 5.41) is 0. The van der Waals surface area contributed by atoms with Gasteiger partial charge in [-0.2, -0.15) is 4.31 Å². The van der Waals surface area contributed by atoms with Crippen molar-refractivity contribution in [1.82, 2.24) is 13.9 Å². The molecule has 2 saturated heterocycles. The highest BCUT2D eigenvalue weighted by atomic mass is 32.2. The van der Waals surface area contributed by atoms with Gasteiger partial charge in [-0.05, 0) is 43.0 Å². The molecule has 10 heteroatoms. The van der Waals surface area contributed by atoms with Crippen LogP contribution in [0.15, 0.2) is 34.1 Å². The highest BCUT2D eigenvalue weighted by Crippen LogP contribution is 2.22. The molecule has 1 N–H and O–H groups in total. The molecule has 1 unspecified atom stereocenters. The van der Waals surface area contributed by atoms with E-state index in [9.17, 15) is 16.8 Å². The number of hydrogen-bond donors (Lipinski definition) is 1. The van der Waals surface area contributed by atoms with E-state index in [0.717, 1.165) is 32.4 Å². The summed E-state index contributed by atoms with van der Waals surface area (Å²) in [6.45, 7) is 8.61. The van der Waals surface area contributed by atoms with Gasteiger partial charge in [0.1, 0.15) is 0 Å². The number of rotatable bonds is 8. The second-order valence-corrected chi connectivity index (χ2v) is 12.1. The van der Waals surface area contributed by atoms with Crippen LogP contribution >= 0.6 is 0 Å². The van der Waals surface area contributed by atoms with Crippen molar-refractivity contribution in [2.45, 2.75) is 49.0 Å². The highest BCUT2D eigenvalue weighted by Gasteiger charge is 2.27. The summed E-state index contributed by atoms with van der Waals surface area (Å²) in [6, 6.07) is 5.46. The van der Waals surface area contributed by atoms with Crippen LogP contribution in [0.4, 0.5) is 0 Å². The second-order valence-electron chi connectivity index (χ2n) is 8.43. The molecule has 0 bridgehead atoms. The number of nitrogens with one attached hydrogen (secondary N) is 1. The van der Waals surface area contributed by atoms with Crippen LogP contribution in [0.3, 0.4) is 0 Å². The van der Waals surface area contributed by atoms with Crippen molar-refractivity contribution in [1.29, 1.82) is 0 Å². The van der Waals surface area contributed by atoms with Crippen LogP contribution in [-0.4, -0.2) is 78.0 Å². The lowest BCUT2D eigenvalue weighted by Gasteiger charge is -2.33. The van der Waals surface area contributed by atoms with Gasteiger partial charge >= 0.3 is 0 Å². The Hall–Kier alpha value is -1.04. The van der Waals surface area contributed by atoms with Gasteiger partial charge < -0.3 is 4.74 Å². The molecule has 0 spiro atoms. The highest BCUT2D eigenvalue weighted by molar-refractivity contribution is 7.89. The van der Waals surface area contributed by atoms with E-state index < -0.39 is 20.0 Å². The monoisotopic (exact) mass is 459 g/mol. The van der Waals surface area contributed by atoms with E-state index in [-0.39, 0.29) is 22.4 Å². The number of hydrogen-bond acceptors (Lipinski definition) is 6. The van der Waals surface area contributed by atoms with Crippen LogP contribution < -0.4 is 4.72 Å². The number of piperidine rings is 1. The Balaban J connectivity index is 1.61. The van der Waals surface area contributed by atoms with E-state index in [1.807, 2.05) is 0 Å². The average molecular weight is 460 g/mol. The van der Waals surface area contributed by atoms with Crippen LogP contribution in [0, 0.1) is 5.92 Å². The summed E-state index contributed by atoms with van der Waals surface area (Å²) in [5.41, 5.74) is 0. The van der Waals surface area contributed by atoms with Gasteiger partial charge in [-0.25, -0.2) is 21.6 Å². The second kappa shape index (κ2) is 10.1. The van der Waals surface area contributed by atoms with Crippen molar-refractivity contribution >= 4 is 20.0 Å². The van der Waals surface area contributed by atoms with E-state index in [0.29, 0.717) is 32.2 Å². The first kappa shape index (κ1) is 23.6. The van der Waals surface area contributed by atoms with Crippen molar-refractivity contribution in [3.63, 3.8) is 0 Å². The number of morpholine rings is 1. The first-order valence-corrected chi connectivity index (χ1v) is 13.5. The molecule has 2 aliphatic heterocycles. The molecule has 2 heterocycles. The zero-order chi connectivity index (χ0) is 21.8. The van der Waals surface area contributed by atoms with Gasteiger partial charge in [-0.15, -0.1) is 0 Å². The largest absolute Gasteiger partial charge is 0.374 e. The van der Waals surface area contributed by atoms with Crippen LogP contribution in [0.1, 0.15) is 33.1 Å². The average Bonchev–Trinajstić information content (AvgIpc) is 2.73. The smallest absolute Gasteiger partial charge is 0.243 e. The van der Waals surface area contributed by atoms with Crippen molar-refractivity contribution in [2.24, 2.45) is 5.92 Å².